The molecule has 0 unspecified atom stereocenters. The monoisotopic (exact) mass is 449 g/mol. The van der Waals surface area contributed by atoms with E-state index in [4.69, 9.17) is 9.26 Å². The summed E-state index contributed by atoms with van der Waals surface area (Å²) in [5.74, 6) is 2.04. The Hall–Kier alpha value is -3.42. The summed E-state index contributed by atoms with van der Waals surface area (Å²) in [7, 11) is 0. The van der Waals surface area contributed by atoms with Crippen molar-refractivity contribution in [3.8, 4) is 17.1 Å². The van der Waals surface area contributed by atoms with Crippen LogP contribution in [0.5, 0.6) is 5.75 Å². The zero-order valence-corrected chi connectivity index (χ0v) is 19.5. The molecule has 33 heavy (non-hydrogen) atoms. The Morgan fingerprint density at radius 2 is 1.85 bits per heavy atom. The van der Waals surface area contributed by atoms with Crippen molar-refractivity contribution in [1.29, 1.82) is 0 Å². The molecule has 8 nitrogen and oxygen atoms in total. The van der Waals surface area contributed by atoms with Gasteiger partial charge < -0.3 is 14.2 Å². The second-order valence-electron chi connectivity index (χ2n) is 9.07. The Balaban J connectivity index is 1.22. The Bertz CT molecular complexity index is 1050. The van der Waals surface area contributed by atoms with Gasteiger partial charge in [-0.05, 0) is 54.7 Å². The van der Waals surface area contributed by atoms with Crippen LogP contribution in [0.4, 0.5) is 10.5 Å². The van der Waals surface area contributed by atoms with Crippen LogP contribution in [-0.2, 0) is 6.42 Å². The average molecular weight is 450 g/mol. The molecular weight excluding hydrogens is 418 g/mol. The third kappa shape index (κ3) is 5.69. The van der Waals surface area contributed by atoms with Gasteiger partial charge in [-0.2, -0.15) is 4.98 Å². The maximum absolute atomic E-state index is 12.7. The lowest BCUT2D eigenvalue weighted by molar-refractivity contribution is 0.161. The normalized spacial score (nSPS) is 14.2. The Kier molecular flexibility index (Phi) is 6.91. The molecule has 1 fully saturated rings. The zero-order chi connectivity index (χ0) is 23.3. The van der Waals surface area contributed by atoms with Crippen molar-refractivity contribution in [3.05, 3.63) is 54.7 Å². The summed E-state index contributed by atoms with van der Waals surface area (Å²) in [6.07, 6.45) is 6.05. The minimum atomic E-state index is -0.00404. The summed E-state index contributed by atoms with van der Waals surface area (Å²) >= 11 is 0. The third-order valence-electron chi connectivity index (χ3n) is 5.86. The topological polar surface area (TPSA) is 84.6 Å². The predicted octanol–water partition coefficient (Wildman–Crippen LogP) is 4.82. The molecule has 2 amide bonds. The predicted molar refractivity (Wildman–Crippen MR) is 126 cm³/mol. The Morgan fingerprint density at radius 1 is 1.09 bits per heavy atom. The van der Waals surface area contributed by atoms with E-state index in [1.54, 1.807) is 12.4 Å². The number of carbonyl (C=O) groups excluding carboxylic acids is 1. The highest BCUT2D eigenvalue weighted by Crippen LogP contribution is 2.27. The first kappa shape index (κ1) is 22.8. The van der Waals surface area contributed by atoms with Crippen LogP contribution in [-0.4, -0.2) is 52.3 Å². The molecule has 0 N–H and O–H groups in total. The maximum Gasteiger partial charge on any atom is 0.324 e. The number of hydrogen-bond acceptors (Lipinski definition) is 6. The van der Waals surface area contributed by atoms with Gasteiger partial charge in [-0.25, -0.2) is 4.79 Å². The molecule has 1 aliphatic rings. The van der Waals surface area contributed by atoms with Gasteiger partial charge in [0.05, 0.1) is 6.61 Å². The van der Waals surface area contributed by atoms with Crippen molar-refractivity contribution in [2.75, 3.05) is 31.1 Å². The van der Waals surface area contributed by atoms with Gasteiger partial charge in [-0.3, -0.25) is 9.88 Å². The van der Waals surface area contributed by atoms with E-state index in [2.05, 4.69) is 29.0 Å². The van der Waals surface area contributed by atoms with E-state index in [9.17, 15) is 4.79 Å². The van der Waals surface area contributed by atoms with E-state index < -0.39 is 0 Å². The first-order valence-electron chi connectivity index (χ1n) is 11.5. The molecule has 0 bridgehead atoms. The summed E-state index contributed by atoms with van der Waals surface area (Å²) in [5.41, 5.74) is 1.80. The zero-order valence-electron chi connectivity index (χ0n) is 19.5. The summed E-state index contributed by atoms with van der Waals surface area (Å²) in [4.78, 5) is 24.8. The SMILES string of the molecule is CCc1nc(-c2ccc(OCC(C)(C)CCCN3CCN(c4ccncc4)C3=O)cc2)no1. The van der Waals surface area contributed by atoms with Crippen LogP contribution in [0.1, 0.15) is 39.5 Å². The minimum Gasteiger partial charge on any atom is -0.493 e. The van der Waals surface area contributed by atoms with Crippen molar-refractivity contribution in [1.82, 2.24) is 20.0 Å². The van der Waals surface area contributed by atoms with E-state index in [1.165, 1.54) is 0 Å². The van der Waals surface area contributed by atoms with Gasteiger partial charge in [0, 0.05) is 49.7 Å². The number of benzene rings is 1. The molecule has 174 valence electrons. The third-order valence-corrected chi connectivity index (χ3v) is 5.86. The van der Waals surface area contributed by atoms with Gasteiger partial charge >= 0.3 is 6.03 Å². The minimum absolute atomic E-state index is 0.00404. The summed E-state index contributed by atoms with van der Waals surface area (Å²) in [6, 6.07) is 11.6. The number of anilines is 1. The molecule has 1 aromatic carbocycles. The second kappa shape index (κ2) is 10.0. The second-order valence-corrected chi connectivity index (χ2v) is 9.07. The van der Waals surface area contributed by atoms with Crippen molar-refractivity contribution < 1.29 is 14.1 Å². The molecule has 0 spiro atoms. The standard InChI is InChI=1S/C25H31N5O3/c1-4-22-27-23(28-33-22)19-6-8-21(9-7-19)32-18-25(2,3)12-5-15-29-16-17-30(24(29)31)20-10-13-26-14-11-20/h6-11,13-14H,4-5,12,15-18H2,1-3H3. The van der Waals surface area contributed by atoms with Crippen molar-refractivity contribution in [3.63, 3.8) is 0 Å². The Morgan fingerprint density at radius 3 is 2.55 bits per heavy atom. The molecule has 0 aliphatic carbocycles. The number of nitrogens with zero attached hydrogens (tertiary/aromatic N) is 5. The lowest BCUT2D eigenvalue weighted by Crippen LogP contribution is -2.33. The molecule has 0 atom stereocenters. The summed E-state index contributed by atoms with van der Waals surface area (Å²) < 4.78 is 11.2. The highest BCUT2D eigenvalue weighted by Gasteiger charge is 2.29. The fraction of sp³-hybridized carbons (Fsp3) is 0.440. The molecule has 4 rings (SSSR count). The molecular formula is C25H31N5O3. The van der Waals surface area contributed by atoms with Gasteiger partial charge in [0.25, 0.3) is 0 Å². The van der Waals surface area contributed by atoms with Crippen LogP contribution in [0.25, 0.3) is 11.4 Å². The Labute approximate surface area is 194 Å². The highest BCUT2D eigenvalue weighted by molar-refractivity contribution is 5.93. The molecule has 0 radical (unpaired) electrons. The van der Waals surface area contributed by atoms with Crippen molar-refractivity contribution >= 4 is 11.7 Å². The molecule has 1 saturated heterocycles. The van der Waals surface area contributed by atoms with Crippen LogP contribution in [0, 0.1) is 5.41 Å². The van der Waals surface area contributed by atoms with Gasteiger partial charge in [0.1, 0.15) is 5.75 Å². The number of hydrogen-bond donors (Lipinski definition) is 0. The molecule has 8 heteroatoms. The van der Waals surface area contributed by atoms with E-state index in [0.29, 0.717) is 18.3 Å². The lowest BCUT2D eigenvalue weighted by atomic mass is 9.89. The fourth-order valence-corrected chi connectivity index (χ4v) is 3.87. The number of amides is 2. The van der Waals surface area contributed by atoms with Crippen molar-refractivity contribution in [2.45, 2.75) is 40.0 Å². The van der Waals surface area contributed by atoms with Gasteiger partial charge in [0.2, 0.25) is 11.7 Å². The van der Waals surface area contributed by atoms with Crippen LogP contribution in [0.15, 0.2) is 53.3 Å². The molecule has 3 heterocycles. The van der Waals surface area contributed by atoms with Crippen molar-refractivity contribution in [2.24, 2.45) is 5.41 Å². The van der Waals surface area contributed by atoms with Gasteiger partial charge in [0.15, 0.2) is 0 Å². The van der Waals surface area contributed by atoms with Crippen LogP contribution < -0.4 is 9.64 Å². The number of aromatic nitrogens is 3. The quantitative estimate of drug-likeness (QED) is 0.441. The highest BCUT2D eigenvalue weighted by atomic mass is 16.5. The smallest absolute Gasteiger partial charge is 0.324 e. The number of aryl methyl sites for hydroxylation is 1. The van der Waals surface area contributed by atoms with Gasteiger partial charge in [-0.15, -0.1) is 0 Å². The van der Waals surface area contributed by atoms with E-state index in [1.807, 2.05) is 53.1 Å². The van der Waals surface area contributed by atoms with E-state index in [-0.39, 0.29) is 11.4 Å². The van der Waals surface area contributed by atoms with E-state index in [0.717, 1.165) is 55.9 Å². The van der Waals surface area contributed by atoms with E-state index >= 15 is 0 Å². The average Bonchev–Trinajstić information content (AvgIpc) is 3.46. The summed E-state index contributed by atoms with van der Waals surface area (Å²) in [5, 5.41) is 4.01. The van der Waals surface area contributed by atoms with Crippen LogP contribution in [0.2, 0.25) is 0 Å². The molecule has 3 aromatic rings. The maximum atomic E-state index is 12.7. The number of pyridine rings is 1. The number of ether oxygens (including phenoxy) is 1. The van der Waals surface area contributed by atoms with Crippen LogP contribution >= 0.6 is 0 Å². The number of urea groups is 1. The molecule has 1 aliphatic heterocycles. The largest absolute Gasteiger partial charge is 0.493 e. The number of rotatable bonds is 10. The molecule has 2 aromatic heterocycles. The summed E-state index contributed by atoms with van der Waals surface area (Å²) in [6.45, 7) is 9.20. The fourth-order valence-electron chi connectivity index (χ4n) is 3.87. The molecule has 0 saturated carbocycles. The first-order valence-corrected chi connectivity index (χ1v) is 11.5. The lowest BCUT2D eigenvalue weighted by Gasteiger charge is -2.26. The van der Waals surface area contributed by atoms with Gasteiger partial charge in [-0.1, -0.05) is 25.9 Å². The first-order chi connectivity index (χ1) is 15.9. The van der Waals surface area contributed by atoms with Crippen LogP contribution in [0.3, 0.4) is 0 Å². The number of carbonyl (C=O) groups is 1.